The molecule has 350 valence electrons. The van der Waals surface area contributed by atoms with Gasteiger partial charge < -0.3 is 53.2 Å². The first-order chi connectivity index (χ1) is 30.0. The Hall–Kier alpha value is -4.76. The Labute approximate surface area is 381 Å². The molecule has 2 aliphatic heterocycles. The standard InChI is InChI=1S/C28H38N2O6.C20H32N2O4.ClH/c1-21(2)30(27(31)23-13-14-25(34-4)26(18-23)35-17-9-16-33-3)24-12-8-15-29(19-24)28(32)36-20-22-10-6-5-7-11-22;1-15(2)22(17-7-5-10-21-14-17)20(23)16-8-9-18(25-4)19(13-16)26-12-6-11-24-3;/h5-7,10-11,13-14,18,21,24H,8-9,12,15-17,19-20H2,1-4H3;8-9,13,15,17,21H,5-7,10-12,14H2,1-4H3;1H/t24-;17-;/m11./s1. The number of methoxy groups -OCH3 is 4. The van der Waals surface area contributed by atoms with Crippen molar-refractivity contribution in [2.75, 3.05) is 81.0 Å². The van der Waals surface area contributed by atoms with Crippen LogP contribution in [0.25, 0.3) is 0 Å². The number of nitrogens with zero attached hydrogens (tertiary/aromatic N) is 3. The van der Waals surface area contributed by atoms with Crippen LogP contribution in [-0.2, 0) is 20.8 Å². The highest BCUT2D eigenvalue weighted by molar-refractivity contribution is 5.96. The Bertz CT molecular complexity index is 1810. The average molecular weight is 900 g/mol. The third-order valence-corrected chi connectivity index (χ3v) is 10.8. The Balaban J connectivity index is 0.000000347. The Kier molecular flexibility index (Phi) is 23.5. The molecule has 2 fully saturated rings. The largest absolute Gasteiger partial charge is 0.493 e. The molecule has 3 aromatic carbocycles. The quantitative estimate of drug-likeness (QED) is 0.111. The zero-order chi connectivity index (χ0) is 44.9. The van der Waals surface area contributed by atoms with Gasteiger partial charge in [-0.2, -0.15) is 0 Å². The monoisotopic (exact) mass is 898 g/mol. The first kappa shape index (κ1) is 52.6. The lowest BCUT2D eigenvalue weighted by molar-refractivity contribution is 0.0384. The highest BCUT2D eigenvalue weighted by Gasteiger charge is 2.34. The van der Waals surface area contributed by atoms with E-state index in [1.54, 1.807) is 63.7 Å². The molecule has 2 aliphatic rings. The van der Waals surface area contributed by atoms with E-state index < -0.39 is 0 Å². The lowest BCUT2D eigenvalue weighted by atomic mass is 10.0. The second kappa shape index (κ2) is 28.1. The summed E-state index contributed by atoms with van der Waals surface area (Å²) in [4.78, 5) is 45.2. The third-order valence-electron chi connectivity index (χ3n) is 10.8. The molecule has 1 N–H and O–H groups in total. The van der Waals surface area contributed by atoms with E-state index in [4.69, 9.17) is 33.2 Å². The molecule has 0 saturated carbocycles. The van der Waals surface area contributed by atoms with Gasteiger partial charge in [0.2, 0.25) is 0 Å². The maximum Gasteiger partial charge on any atom is 0.410 e. The maximum absolute atomic E-state index is 13.7. The van der Waals surface area contributed by atoms with Gasteiger partial charge in [-0.1, -0.05) is 30.3 Å². The molecule has 0 spiro atoms. The summed E-state index contributed by atoms with van der Waals surface area (Å²) in [5.74, 6) is 2.27. The maximum atomic E-state index is 13.7. The zero-order valence-electron chi connectivity index (χ0n) is 38.6. The molecule has 0 aliphatic carbocycles. The van der Waals surface area contributed by atoms with Crippen LogP contribution in [0.15, 0.2) is 66.7 Å². The number of carbonyl (C=O) groups is 3. The molecular weight excluding hydrogens is 828 g/mol. The summed E-state index contributed by atoms with van der Waals surface area (Å²) in [6.07, 6.45) is 4.92. The van der Waals surface area contributed by atoms with Crippen LogP contribution in [0, 0.1) is 0 Å². The van der Waals surface area contributed by atoms with Crippen molar-refractivity contribution in [1.82, 2.24) is 20.0 Å². The smallest absolute Gasteiger partial charge is 0.410 e. The molecule has 3 aromatic rings. The van der Waals surface area contributed by atoms with E-state index in [1.807, 2.05) is 60.0 Å². The first-order valence-electron chi connectivity index (χ1n) is 21.9. The number of piperidine rings is 2. The van der Waals surface area contributed by atoms with Crippen molar-refractivity contribution in [2.24, 2.45) is 0 Å². The van der Waals surface area contributed by atoms with Crippen LogP contribution in [0.4, 0.5) is 4.79 Å². The molecule has 3 amide bonds. The normalized spacial score (nSPS) is 15.9. The van der Waals surface area contributed by atoms with Crippen molar-refractivity contribution in [2.45, 2.75) is 97.0 Å². The van der Waals surface area contributed by atoms with Crippen molar-refractivity contribution >= 4 is 30.3 Å². The van der Waals surface area contributed by atoms with Crippen LogP contribution in [0.1, 0.15) is 92.5 Å². The topological polar surface area (TPSA) is 138 Å². The number of ether oxygens (including phenoxy) is 7. The van der Waals surface area contributed by atoms with Crippen LogP contribution in [0.2, 0.25) is 0 Å². The molecule has 0 bridgehead atoms. The summed E-state index contributed by atoms with van der Waals surface area (Å²) in [5.41, 5.74) is 2.10. The highest BCUT2D eigenvalue weighted by Crippen LogP contribution is 2.31. The van der Waals surface area contributed by atoms with E-state index in [0.29, 0.717) is 73.6 Å². The summed E-state index contributed by atoms with van der Waals surface area (Å²) in [7, 11) is 6.50. The fraction of sp³-hybridized carbons (Fsp3) is 0.562. The lowest BCUT2D eigenvalue weighted by Gasteiger charge is -2.41. The molecule has 15 heteroatoms. The molecule has 63 heavy (non-hydrogen) atoms. The van der Waals surface area contributed by atoms with Gasteiger partial charge in [-0.25, -0.2) is 4.79 Å². The summed E-state index contributed by atoms with van der Waals surface area (Å²) >= 11 is 0. The van der Waals surface area contributed by atoms with E-state index in [1.165, 1.54) is 0 Å². The van der Waals surface area contributed by atoms with Crippen molar-refractivity contribution < 1.29 is 47.5 Å². The van der Waals surface area contributed by atoms with Gasteiger partial charge in [0.15, 0.2) is 23.0 Å². The van der Waals surface area contributed by atoms with Gasteiger partial charge in [0.05, 0.1) is 33.5 Å². The number of amides is 3. The molecule has 14 nitrogen and oxygen atoms in total. The van der Waals surface area contributed by atoms with Crippen LogP contribution in [-0.4, -0.2) is 138 Å². The number of rotatable bonds is 20. The van der Waals surface area contributed by atoms with E-state index in [-0.39, 0.29) is 61.1 Å². The summed E-state index contributed by atoms with van der Waals surface area (Å²) in [6, 6.07) is 20.5. The number of halogens is 1. The van der Waals surface area contributed by atoms with E-state index in [9.17, 15) is 14.4 Å². The van der Waals surface area contributed by atoms with Gasteiger partial charge in [0.25, 0.3) is 11.8 Å². The fourth-order valence-electron chi connectivity index (χ4n) is 7.79. The van der Waals surface area contributed by atoms with Crippen molar-refractivity contribution in [1.29, 1.82) is 0 Å². The SMILES string of the molecule is COCCCOc1cc(C(=O)N(C(C)C)[C@@H]2CCCN(C(=O)OCc3ccccc3)C2)ccc1OC.COCCCOc1cc(C(=O)N(C(C)C)[C@@H]2CCCNC2)ccc1OC.Cl. The average Bonchev–Trinajstić information content (AvgIpc) is 3.29. The minimum Gasteiger partial charge on any atom is -0.493 e. The molecule has 2 heterocycles. The Morgan fingerprint density at radius 2 is 1.21 bits per heavy atom. The minimum absolute atomic E-state index is 0. The summed E-state index contributed by atoms with van der Waals surface area (Å²) in [6.45, 7) is 13.5. The number of likely N-dealkylation sites (tertiary alicyclic amines) is 1. The number of hydrogen-bond acceptors (Lipinski definition) is 11. The third kappa shape index (κ3) is 16.1. The predicted molar refractivity (Wildman–Crippen MR) is 247 cm³/mol. The van der Waals surface area contributed by atoms with Crippen LogP contribution < -0.4 is 24.3 Å². The number of carbonyl (C=O) groups excluding carboxylic acids is 3. The van der Waals surface area contributed by atoms with Crippen LogP contribution in [0.5, 0.6) is 23.0 Å². The second-order valence-electron chi connectivity index (χ2n) is 16.0. The van der Waals surface area contributed by atoms with Gasteiger partial charge in [0.1, 0.15) is 6.61 Å². The van der Waals surface area contributed by atoms with Gasteiger partial charge in [-0.3, -0.25) is 9.59 Å². The highest BCUT2D eigenvalue weighted by atomic mass is 35.5. The minimum atomic E-state index is -0.351. The molecule has 2 atom stereocenters. The number of nitrogens with one attached hydrogen (secondary N) is 1. The number of benzene rings is 3. The summed E-state index contributed by atoms with van der Waals surface area (Å²) < 4.78 is 38.1. The predicted octanol–water partition coefficient (Wildman–Crippen LogP) is 7.90. The van der Waals surface area contributed by atoms with Gasteiger partial charge in [0, 0.05) is 89.2 Å². The van der Waals surface area contributed by atoms with Crippen LogP contribution >= 0.6 is 12.4 Å². The van der Waals surface area contributed by atoms with E-state index >= 15 is 0 Å². The second-order valence-corrected chi connectivity index (χ2v) is 16.0. The lowest BCUT2D eigenvalue weighted by Crippen LogP contribution is -2.54. The summed E-state index contributed by atoms with van der Waals surface area (Å²) in [5, 5.41) is 3.40. The van der Waals surface area contributed by atoms with Crippen molar-refractivity contribution in [3.63, 3.8) is 0 Å². The number of hydrogen-bond donors (Lipinski definition) is 1. The zero-order valence-corrected chi connectivity index (χ0v) is 39.4. The molecule has 0 unspecified atom stereocenters. The van der Waals surface area contributed by atoms with E-state index in [2.05, 4.69) is 19.2 Å². The fourth-order valence-corrected chi connectivity index (χ4v) is 7.79. The van der Waals surface area contributed by atoms with Crippen molar-refractivity contribution in [3.05, 3.63) is 83.4 Å². The molecule has 5 rings (SSSR count). The Morgan fingerprint density at radius 3 is 1.68 bits per heavy atom. The first-order valence-corrected chi connectivity index (χ1v) is 21.9. The van der Waals surface area contributed by atoms with Crippen LogP contribution in [0.3, 0.4) is 0 Å². The molecule has 0 aromatic heterocycles. The van der Waals surface area contributed by atoms with Gasteiger partial charge in [-0.15, -0.1) is 12.4 Å². The van der Waals surface area contributed by atoms with Crippen molar-refractivity contribution in [3.8, 4) is 23.0 Å². The Morgan fingerprint density at radius 1 is 0.683 bits per heavy atom. The van der Waals surface area contributed by atoms with Gasteiger partial charge in [-0.05, 0) is 102 Å². The van der Waals surface area contributed by atoms with Gasteiger partial charge >= 0.3 is 6.09 Å². The molecule has 2 saturated heterocycles. The molecule has 0 radical (unpaired) electrons. The molecular formula is C48H71ClN4O10. The van der Waals surface area contributed by atoms with E-state index in [0.717, 1.165) is 57.2 Å².